The minimum atomic E-state index is 0.126. The lowest BCUT2D eigenvalue weighted by molar-refractivity contribution is -0.126. The summed E-state index contributed by atoms with van der Waals surface area (Å²) in [7, 11) is 0. The van der Waals surface area contributed by atoms with Gasteiger partial charge in [0.2, 0.25) is 5.91 Å². The van der Waals surface area contributed by atoms with Gasteiger partial charge in [0.1, 0.15) is 0 Å². The van der Waals surface area contributed by atoms with E-state index in [2.05, 4.69) is 15.9 Å². The summed E-state index contributed by atoms with van der Waals surface area (Å²) < 4.78 is 0. The number of piperidine rings is 1. The minimum Gasteiger partial charge on any atom is -0.339 e. The van der Waals surface area contributed by atoms with Crippen molar-refractivity contribution in [2.24, 2.45) is 0 Å². The number of rotatable bonds is 1. The highest BCUT2D eigenvalue weighted by Gasteiger charge is 2.12. The minimum absolute atomic E-state index is 0.126. The third kappa shape index (κ3) is 2.66. The van der Waals surface area contributed by atoms with E-state index in [0.717, 1.165) is 25.9 Å². The maximum absolute atomic E-state index is 11.2. The van der Waals surface area contributed by atoms with Crippen molar-refractivity contribution >= 4 is 21.8 Å². The lowest BCUT2D eigenvalue weighted by Gasteiger charge is -2.25. The largest absolute Gasteiger partial charge is 0.339 e. The molecule has 0 aromatic heterocycles. The molecule has 0 atom stereocenters. The van der Waals surface area contributed by atoms with Gasteiger partial charge in [0.25, 0.3) is 0 Å². The molecule has 0 N–H and O–H groups in total. The average Bonchev–Trinajstić information content (AvgIpc) is 2.07. The molecule has 1 aliphatic rings. The summed E-state index contributed by atoms with van der Waals surface area (Å²) >= 11 is 3.09. The normalized spacial score (nSPS) is 19.2. The van der Waals surface area contributed by atoms with Crippen LogP contribution >= 0.6 is 15.9 Å². The molecule has 0 aromatic carbocycles. The molecule has 1 amide bonds. The third-order valence-corrected chi connectivity index (χ3v) is 2.14. The highest BCUT2D eigenvalue weighted by atomic mass is 79.9. The van der Waals surface area contributed by atoms with Crippen LogP contribution in [0.3, 0.4) is 0 Å². The van der Waals surface area contributed by atoms with Gasteiger partial charge < -0.3 is 4.90 Å². The molecule has 0 saturated carbocycles. The fourth-order valence-electron chi connectivity index (χ4n) is 1.27. The number of carbonyl (C=O) groups excluding carboxylic acids is 1. The number of carbonyl (C=O) groups is 1. The number of halogens is 1. The molecule has 3 heteroatoms. The Kier molecular flexibility index (Phi) is 3.63. The molecule has 0 spiro atoms. The SMILES string of the molecule is O=C(/C=C/Br)N1CCCCC1. The lowest BCUT2D eigenvalue weighted by atomic mass is 10.1. The summed E-state index contributed by atoms with van der Waals surface area (Å²) in [6.45, 7) is 1.85. The molecule has 1 saturated heterocycles. The zero-order valence-electron chi connectivity index (χ0n) is 6.42. The van der Waals surface area contributed by atoms with E-state index in [0.29, 0.717) is 0 Å². The molecular formula is C8H12BrNO. The van der Waals surface area contributed by atoms with Crippen LogP contribution in [0.25, 0.3) is 0 Å². The van der Waals surface area contributed by atoms with Gasteiger partial charge in [-0.2, -0.15) is 0 Å². The van der Waals surface area contributed by atoms with E-state index in [1.54, 1.807) is 11.1 Å². The molecule has 0 bridgehead atoms. The van der Waals surface area contributed by atoms with Crippen molar-refractivity contribution in [3.05, 3.63) is 11.1 Å². The second-order valence-corrected chi connectivity index (χ2v) is 3.21. The van der Waals surface area contributed by atoms with E-state index in [9.17, 15) is 4.79 Å². The number of hydrogen-bond donors (Lipinski definition) is 0. The van der Waals surface area contributed by atoms with Crippen LogP contribution in [0.1, 0.15) is 19.3 Å². The van der Waals surface area contributed by atoms with E-state index in [1.165, 1.54) is 6.42 Å². The van der Waals surface area contributed by atoms with Gasteiger partial charge in [0.05, 0.1) is 0 Å². The first kappa shape index (κ1) is 8.78. The van der Waals surface area contributed by atoms with Crippen LogP contribution in [0, 0.1) is 0 Å². The van der Waals surface area contributed by atoms with Crippen LogP contribution in [0.5, 0.6) is 0 Å². The topological polar surface area (TPSA) is 20.3 Å². The molecule has 62 valence electrons. The van der Waals surface area contributed by atoms with E-state index >= 15 is 0 Å². The van der Waals surface area contributed by atoms with Crippen LogP contribution in [0.4, 0.5) is 0 Å². The van der Waals surface area contributed by atoms with Crippen molar-refractivity contribution in [2.45, 2.75) is 19.3 Å². The van der Waals surface area contributed by atoms with Crippen molar-refractivity contribution in [1.82, 2.24) is 4.90 Å². The van der Waals surface area contributed by atoms with Gasteiger partial charge in [-0.25, -0.2) is 0 Å². The van der Waals surface area contributed by atoms with Crippen LogP contribution in [0.2, 0.25) is 0 Å². The third-order valence-electron chi connectivity index (χ3n) is 1.87. The van der Waals surface area contributed by atoms with Crippen molar-refractivity contribution in [2.75, 3.05) is 13.1 Å². The first-order valence-electron chi connectivity index (χ1n) is 3.90. The number of likely N-dealkylation sites (tertiary alicyclic amines) is 1. The fourth-order valence-corrected chi connectivity index (χ4v) is 1.50. The highest BCUT2D eigenvalue weighted by molar-refractivity contribution is 9.11. The smallest absolute Gasteiger partial charge is 0.247 e. The predicted molar refractivity (Wildman–Crippen MR) is 48.5 cm³/mol. The van der Waals surface area contributed by atoms with Gasteiger partial charge in [-0.05, 0) is 24.2 Å². The maximum Gasteiger partial charge on any atom is 0.247 e. The second kappa shape index (κ2) is 4.54. The summed E-state index contributed by atoms with van der Waals surface area (Å²) in [5, 5.41) is 0. The van der Waals surface area contributed by atoms with E-state index in [4.69, 9.17) is 0 Å². The van der Waals surface area contributed by atoms with Gasteiger partial charge in [-0.15, -0.1) is 0 Å². The number of hydrogen-bond acceptors (Lipinski definition) is 1. The van der Waals surface area contributed by atoms with E-state index < -0.39 is 0 Å². The molecule has 11 heavy (non-hydrogen) atoms. The average molecular weight is 218 g/mol. The molecular weight excluding hydrogens is 206 g/mol. The predicted octanol–water partition coefficient (Wildman–Crippen LogP) is 1.91. The van der Waals surface area contributed by atoms with Crippen LogP contribution in [-0.2, 0) is 4.79 Å². The second-order valence-electron chi connectivity index (χ2n) is 2.68. The first-order chi connectivity index (χ1) is 5.34. The summed E-state index contributed by atoms with van der Waals surface area (Å²) in [5.41, 5.74) is 0. The number of amides is 1. The van der Waals surface area contributed by atoms with Gasteiger partial charge in [-0.1, -0.05) is 15.9 Å². The Balaban J connectivity index is 2.38. The monoisotopic (exact) mass is 217 g/mol. The van der Waals surface area contributed by atoms with Gasteiger partial charge in [-0.3, -0.25) is 4.79 Å². The summed E-state index contributed by atoms with van der Waals surface area (Å²) in [6, 6.07) is 0. The lowest BCUT2D eigenvalue weighted by Crippen LogP contribution is -2.34. The molecule has 2 nitrogen and oxygen atoms in total. The Morgan fingerprint density at radius 2 is 1.91 bits per heavy atom. The first-order valence-corrected chi connectivity index (χ1v) is 4.82. The summed E-state index contributed by atoms with van der Waals surface area (Å²) in [6.07, 6.45) is 5.14. The van der Waals surface area contributed by atoms with E-state index in [-0.39, 0.29) is 5.91 Å². The molecule has 0 radical (unpaired) electrons. The van der Waals surface area contributed by atoms with Crippen molar-refractivity contribution in [3.8, 4) is 0 Å². The molecule has 0 aliphatic carbocycles. The quantitative estimate of drug-likeness (QED) is 0.615. The standard InChI is InChI=1S/C8H12BrNO/c9-5-4-8(11)10-6-2-1-3-7-10/h4-5H,1-3,6-7H2/b5-4+. The van der Waals surface area contributed by atoms with Crippen molar-refractivity contribution in [3.63, 3.8) is 0 Å². The Hall–Kier alpha value is -0.310. The van der Waals surface area contributed by atoms with Gasteiger partial charge in [0, 0.05) is 19.2 Å². The Morgan fingerprint density at radius 3 is 2.45 bits per heavy atom. The van der Waals surface area contributed by atoms with Gasteiger partial charge in [0.15, 0.2) is 0 Å². The molecule has 0 aromatic rings. The Morgan fingerprint density at radius 1 is 1.27 bits per heavy atom. The summed E-state index contributed by atoms with van der Waals surface area (Å²) in [4.78, 5) is 14.7. The molecule has 1 heterocycles. The van der Waals surface area contributed by atoms with Crippen molar-refractivity contribution in [1.29, 1.82) is 0 Å². The fraction of sp³-hybridized carbons (Fsp3) is 0.625. The van der Waals surface area contributed by atoms with Crippen molar-refractivity contribution < 1.29 is 4.79 Å². The van der Waals surface area contributed by atoms with Gasteiger partial charge >= 0.3 is 0 Å². The number of nitrogens with zero attached hydrogens (tertiary/aromatic N) is 1. The van der Waals surface area contributed by atoms with Crippen LogP contribution < -0.4 is 0 Å². The zero-order chi connectivity index (χ0) is 8.10. The Labute approximate surface area is 75.4 Å². The zero-order valence-corrected chi connectivity index (χ0v) is 8.01. The summed E-state index contributed by atoms with van der Waals surface area (Å²) in [5.74, 6) is 0.126. The van der Waals surface area contributed by atoms with Crippen LogP contribution in [-0.4, -0.2) is 23.9 Å². The Bertz CT molecular complexity index is 161. The molecule has 1 aliphatic heterocycles. The maximum atomic E-state index is 11.2. The highest BCUT2D eigenvalue weighted by Crippen LogP contribution is 2.08. The van der Waals surface area contributed by atoms with Crippen LogP contribution in [0.15, 0.2) is 11.1 Å². The molecule has 1 rings (SSSR count). The molecule has 1 fully saturated rings. The van der Waals surface area contributed by atoms with E-state index in [1.807, 2.05) is 4.90 Å². The molecule has 0 unspecified atom stereocenters.